The van der Waals surface area contributed by atoms with Crippen LogP contribution in [0.25, 0.3) is 21.7 Å². The summed E-state index contributed by atoms with van der Waals surface area (Å²) in [5.41, 5.74) is 2.79. The van der Waals surface area contributed by atoms with Crippen molar-refractivity contribution in [2.75, 3.05) is 0 Å². The van der Waals surface area contributed by atoms with Gasteiger partial charge in [-0.2, -0.15) is 0 Å². The molecule has 1 heterocycles. The third kappa shape index (κ3) is 1.56. The molecule has 1 aliphatic carbocycles. The number of rotatable bonds is 0. The van der Waals surface area contributed by atoms with Gasteiger partial charge in [-0.25, -0.2) is 0 Å². The summed E-state index contributed by atoms with van der Waals surface area (Å²) in [7, 11) is 0. The van der Waals surface area contributed by atoms with E-state index in [0.29, 0.717) is 6.42 Å². The minimum Gasteiger partial charge on any atom is -0.294 e. The van der Waals surface area contributed by atoms with Crippen LogP contribution >= 0.6 is 0 Å². The van der Waals surface area contributed by atoms with Crippen molar-refractivity contribution in [3.63, 3.8) is 0 Å². The number of benzene rings is 2. The molecule has 0 saturated carbocycles. The van der Waals surface area contributed by atoms with Crippen LogP contribution in [0.1, 0.15) is 28.9 Å². The van der Waals surface area contributed by atoms with Crippen LogP contribution in [-0.4, -0.2) is 10.8 Å². The Morgan fingerprint density at radius 2 is 1.84 bits per heavy atom. The quantitative estimate of drug-likeness (QED) is 0.564. The van der Waals surface area contributed by atoms with Crippen LogP contribution < -0.4 is 0 Å². The highest BCUT2D eigenvalue weighted by molar-refractivity contribution is 6.09. The van der Waals surface area contributed by atoms with Crippen LogP contribution in [0.15, 0.2) is 42.5 Å². The molecule has 3 aromatic rings. The van der Waals surface area contributed by atoms with Gasteiger partial charge in [-0.05, 0) is 35.7 Å². The predicted molar refractivity (Wildman–Crippen MR) is 76.5 cm³/mol. The SMILES string of the molecule is O=C1CCCc2nc3ccc4ccccc4c3cc21. The van der Waals surface area contributed by atoms with Gasteiger partial charge in [0.05, 0.1) is 11.2 Å². The number of carbonyl (C=O) groups excluding carboxylic acids is 1. The Hall–Kier alpha value is -2.22. The summed E-state index contributed by atoms with van der Waals surface area (Å²) in [4.78, 5) is 16.7. The lowest BCUT2D eigenvalue weighted by Crippen LogP contribution is -2.12. The summed E-state index contributed by atoms with van der Waals surface area (Å²) in [5, 5.41) is 3.46. The van der Waals surface area contributed by atoms with Crippen molar-refractivity contribution >= 4 is 27.5 Å². The second-order valence-electron chi connectivity index (χ2n) is 5.11. The van der Waals surface area contributed by atoms with Gasteiger partial charge in [-0.3, -0.25) is 9.78 Å². The van der Waals surface area contributed by atoms with E-state index in [1.807, 2.05) is 18.2 Å². The van der Waals surface area contributed by atoms with Gasteiger partial charge in [0.2, 0.25) is 0 Å². The molecule has 1 aromatic heterocycles. The summed E-state index contributed by atoms with van der Waals surface area (Å²) < 4.78 is 0. The highest BCUT2D eigenvalue weighted by Crippen LogP contribution is 2.29. The Balaban J connectivity index is 2.14. The summed E-state index contributed by atoms with van der Waals surface area (Å²) in [6.07, 6.45) is 2.51. The van der Waals surface area contributed by atoms with Crippen LogP contribution in [0.2, 0.25) is 0 Å². The first-order valence-electron chi connectivity index (χ1n) is 6.67. The van der Waals surface area contributed by atoms with E-state index in [-0.39, 0.29) is 5.78 Å². The first-order chi connectivity index (χ1) is 9.33. The maximum Gasteiger partial charge on any atom is 0.164 e. The molecule has 4 rings (SSSR count). The zero-order valence-electron chi connectivity index (χ0n) is 10.5. The van der Waals surface area contributed by atoms with E-state index in [2.05, 4.69) is 24.3 Å². The van der Waals surface area contributed by atoms with Gasteiger partial charge in [-0.15, -0.1) is 0 Å². The summed E-state index contributed by atoms with van der Waals surface area (Å²) in [5.74, 6) is 0.239. The lowest BCUT2D eigenvalue weighted by molar-refractivity contribution is 0.0972. The molecule has 19 heavy (non-hydrogen) atoms. The van der Waals surface area contributed by atoms with Crippen LogP contribution in [0.4, 0.5) is 0 Å². The Kier molecular flexibility index (Phi) is 2.18. The summed E-state index contributed by atoms with van der Waals surface area (Å²) >= 11 is 0. The van der Waals surface area contributed by atoms with Crippen molar-refractivity contribution in [1.82, 2.24) is 4.98 Å². The fraction of sp³-hybridized carbons (Fsp3) is 0.176. The molecule has 0 radical (unpaired) electrons. The molecule has 0 amide bonds. The molecule has 0 saturated heterocycles. The number of fused-ring (bicyclic) bond motifs is 4. The molecule has 0 atom stereocenters. The molecule has 0 unspecified atom stereocenters. The molecule has 0 aliphatic heterocycles. The van der Waals surface area contributed by atoms with Gasteiger partial charge < -0.3 is 0 Å². The first kappa shape index (κ1) is 10.7. The highest BCUT2D eigenvalue weighted by Gasteiger charge is 2.19. The Morgan fingerprint density at radius 1 is 0.947 bits per heavy atom. The Labute approximate surface area is 111 Å². The minimum atomic E-state index is 0.239. The van der Waals surface area contributed by atoms with Crippen molar-refractivity contribution in [3.8, 4) is 0 Å². The maximum absolute atomic E-state index is 12.0. The molecule has 0 bridgehead atoms. The number of carbonyl (C=O) groups is 1. The third-order valence-corrected chi connectivity index (χ3v) is 3.92. The Morgan fingerprint density at radius 3 is 2.79 bits per heavy atom. The number of ketones is 1. The molecule has 92 valence electrons. The molecular weight excluding hydrogens is 234 g/mol. The summed E-state index contributed by atoms with van der Waals surface area (Å²) in [6.45, 7) is 0. The molecule has 2 heteroatoms. The van der Waals surface area contributed by atoms with E-state index in [1.54, 1.807) is 0 Å². The topological polar surface area (TPSA) is 30.0 Å². The van der Waals surface area contributed by atoms with Crippen molar-refractivity contribution in [2.45, 2.75) is 19.3 Å². The number of pyridine rings is 1. The maximum atomic E-state index is 12.0. The second-order valence-corrected chi connectivity index (χ2v) is 5.11. The van der Waals surface area contributed by atoms with Crippen molar-refractivity contribution in [3.05, 3.63) is 53.7 Å². The smallest absolute Gasteiger partial charge is 0.164 e. The zero-order valence-corrected chi connectivity index (χ0v) is 10.5. The molecule has 0 spiro atoms. The second kappa shape index (κ2) is 3.89. The Bertz CT molecular complexity index is 820. The number of hydrogen-bond donors (Lipinski definition) is 0. The van der Waals surface area contributed by atoms with Crippen molar-refractivity contribution in [1.29, 1.82) is 0 Å². The molecule has 1 aliphatic rings. The molecule has 2 aromatic carbocycles. The normalized spacial score (nSPS) is 14.8. The van der Waals surface area contributed by atoms with E-state index in [1.165, 1.54) is 10.8 Å². The lowest BCUT2D eigenvalue weighted by atomic mass is 9.92. The van der Waals surface area contributed by atoms with Crippen LogP contribution in [0.3, 0.4) is 0 Å². The van der Waals surface area contributed by atoms with Crippen LogP contribution in [0.5, 0.6) is 0 Å². The standard InChI is InChI=1S/C17H13NO/c19-17-7-3-6-15-14(17)10-13-12-5-2-1-4-11(12)8-9-16(13)18-15/h1-2,4-5,8-10H,3,6-7H2. The van der Waals surface area contributed by atoms with Gasteiger partial charge in [0.15, 0.2) is 5.78 Å². The third-order valence-electron chi connectivity index (χ3n) is 3.92. The lowest BCUT2D eigenvalue weighted by Gasteiger charge is -2.15. The number of aryl methyl sites for hydroxylation is 1. The summed E-state index contributed by atoms with van der Waals surface area (Å²) in [6, 6.07) is 14.4. The zero-order chi connectivity index (χ0) is 12.8. The van der Waals surface area contributed by atoms with Gasteiger partial charge in [0.25, 0.3) is 0 Å². The van der Waals surface area contributed by atoms with Crippen molar-refractivity contribution < 1.29 is 4.79 Å². The minimum absolute atomic E-state index is 0.239. The number of hydrogen-bond acceptors (Lipinski definition) is 2. The fourth-order valence-corrected chi connectivity index (χ4v) is 2.95. The first-order valence-corrected chi connectivity index (χ1v) is 6.67. The number of aromatic nitrogens is 1. The number of nitrogens with zero attached hydrogens (tertiary/aromatic N) is 1. The monoisotopic (exact) mass is 247 g/mol. The average molecular weight is 247 g/mol. The van der Waals surface area contributed by atoms with Gasteiger partial charge >= 0.3 is 0 Å². The highest BCUT2D eigenvalue weighted by atomic mass is 16.1. The average Bonchev–Trinajstić information content (AvgIpc) is 2.46. The van der Waals surface area contributed by atoms with Gasteiger partial charge in [0, 0.05) is 17.4 Å². The molecule has 0 fully saturated rings. The van der Waals surface area contributed by atoms with E-state index in [4.69, 9.17) is 4.98 Å². The van der Waals surface area contributed by atoms with Gasteiger partial charge in [-0.1, -0.05) is 30.3 Å². The largest absolute Gasteiger partial charge is 0.294 e. The molecular formula is C17H13NO. The fourth-order valence-electron chi connectivity index (χ4n) is 2.95. The van der Waals surface area contributed by atoms with Crippen molar-refractivity contribution in [2.24, 2.45) is 0 Å². The van der Waals surface area contributed by atoms with E-state index >= 15 is 0 Å². The van der Waals surface area contributed by atoms with E-state index < -0.39 is 0 Å². The van der Waals surface area contributed by atoms with Crippen LogP contribution in [0, 0.1) is 0 Å². The van der Waals surface area contributed by atoms with E-state index in [0.717, 1.165) is 35.0 Å². The molecule has 2 nitrogen and oxygen atoms in total. The molecule has 0 N–H and O–H groups in total. The number of Topliss-reactive ketones (excluding diaryl/α,β-unsaturated/α-hetero) is 1. The van der Waals surface area contributed by atoms with Crippen LogP contribution in [-0.2, 0) is 6.42 Å². The van der Waals surface area contributed by atoms with E-state index in [9.17, 15) is 4.79 Å². The van der Waals surface area contributed by atoms with Gasteiger partial charge in [0.1, 0.15) is 0 Å². The predicted octanol–water partition coefficient (Wildman–Crippen LogP) is 3.91.